The summed E-state index contributed by atoms with van der Waals surface area (Å²) in [6.07, 6.45) is 2.63. The Labute approximate surface area is 241 Å². The van der Waals surface area contributed by atoms with Gasteiger partial charge in [-0.25, -0.2) is 4.98 Å². The fourth-order valence-electron chi connectivity index (χ4n) is 4.34. The molecule has 8 nitrogen and oxygen atoms in total. The van der Waals surface area contributed by atoms with Crippen molar-refractivity contribution in [1.29, 1.82) is 0 Å². The van der Waals surface area contributed by atoms with Crippen LogP contribution >= 0.6 is 11.3 Å². The maximum absolute atomic E-state index is 12.9. The molecule has 0 spiro atoms. The van der Waals surface area contributed by atoms with Gasteiger partial charge in [0.05, 0.1) is 27.7 Å². The third kappa shape index (κ3) is 7.26. The van der Waals surface area contributed by atoms with Crippen LogP contribution in [0.2, 0.25) is 0 Å². The first kappa shape index (κ1) is 27.8. The van der Waals surface area contributed by atoms with Crippen LogP contribution < -0.4 is 10.1 Å². The smallest absolute Gasteiger partial charge is 0.303 e. The number of oxazole rings is 1. The maximum Gasteiger partial charge on any atom is 0.303 e. The van der Waals surface area contributed by atoms with E-state index in [-0.39, 0.29) is 18.9 Å². The molecule has 0 aliphatic rings. The minimum atomic E-state index is -0.876. The average molecular weight is 568 g/mol. The van der Waals surface area contributed by atoms with Crippen LogP contribution in [0.15, 0.2) is 89.5 Å². The number of nitrogens with one attached hydrogen (secondary N) is 1. The first-order valence-electron chi connectivity index (χ1n) is 13.2. The average Bonchev–Trinajstić information content (AvgIpc) is 3.64. The van der Waals surface area contributed by atoms with Gasteiger partial charge in [0.25, 0.3) is 5.91 Å². The third-order valence-electron chi connectivity index (χ3n) is 6.49. The van der Waals surface area contributed by atoms with Gasteiger partial charge < -0.3 is 19.6 Å². The van der Waals surface area contributed by atoms with E-state index in [1.165, 1.54) is 11.3 Å². The van der Waals surface area contributed by atoms with E-state index >= 15 is 0 Å². The molecular formula is C32H29N3O5S. The lowest BCUT2D eigenvalue weighted by Gasteiger charge is -2.13. The number of hydrogen-bond acceptors (Lipinski definition) is 7. The number of carboxylic acid groups (broad SMARTS) is 1. The molecule has 0 saturated carbocycles. The van der Waals surface area contributed by atoms with Gasteiger partial charge in [0.1, 0.15) is 11.5 Å². The fourth-order valence-corrected chi connectivity index (χ4v) is 5.24. The summed E-state index contributed by atoms with van der Waals surface area (Å²) in [4.78, 5) is 34.6. The minimum Gasteiger partial charge on any atom is -0.493 e. The van der Waals surface area contributed by atoms with Crippen LogP contribution in [0.1, 0.15) is 38.7 Å². The number of aromatic nitrogens is 2. The molecular weight excluding hydrogens is 538 g/mol. The van der Waals surface area contributed by atoms with E-state index in [9.17, 15) is 14.7 Å². The van der Waals surface area contributed by atoms with E-state index in [0.717, 1.165) is 38.7 Å². The van der Waals surface area contributed by atoms with Crippen molar-refractivity contribution in [3.63, 3.8) is 0 Å². The number of carbonyl (C=O) groups is 2. The molecule has 0 atom stereocenters. The summed E-state index contributed by atoms with van der Waals surface area (Å²) >= 11 is 1.37. The van der Waals surface area contributed by atoms with E-state index < -0.39 is 5.97 Å². The predicted molar refractivity (Wildman–Crippen MR) is 157 cm³/mol. The van der Waals surface area contributed by atoms with Gasteiger partial charge in [0.15, 0.2) is 0 Å². The quantitative estimate of drug-likeness (QED) is 0.181. The molecule has 2 aromatic carbocycles. The summed E-state index contributed by atoms with van der Waals surface area (Å²) in [6, 6.07) is 24.6. The Balaban J connectivity index is 1.23. The van der Waals surface area contributed by atoms with Crippen molar-refractivity contribution in [2.24, 2.45) is 0 Å². The molecule has 0 unspecified atom stereocenters. The van der Waals surface area contributed by atoms with Gasteiger partial charge in [-0.3, -0.25) is 14.6 Å². The standard InChI is InChI=1S/C32H29N3O5S/c1-21-26(35-32(40-21)23-7-3-2-4-8-23)16-18-39-25-12-10-22(11-15-30(36)37)24(19-25)20-34-31(38)29-14-13-28(41-29)27-9-5-6-17-33-27/h2-10,12-14,17,19H,11,15-16,18,20H2,1H3,(H,34,38)(H,36,37). The normalized spacial score (nSPS) is 10.9. The zero-order valence-corrected chi connectivity index (χ0v) is 23.3. The lowest BCUT2D eigenvalue weighted by Crippen LogP contribution is -2.22. The van der Waals surface area contributed by atoms with Crippen molar-refractivity contribution in [1.82, 2.24) is 15.3 Å². The summed E-state index contributed by atoms with van der Waals surface area (Å²) in [5.41, 5.74) is 4.22. The molecule has 0 saturated heterocycles. The molecule has 208 valence electrons. The molecule has 0 aliphatic carbocycles. The molecule has 5 aromatic rings. The van der Waals surface area contributed by atoms with Gasteiger partial charge >= 0.3 is 5.97 Å². The number of amides is 1. The van der Waals surface area contributed by atoms with Crippen LogP contribution in [0, 0.1) is 6.92 Å². The maximum atomic E-state index is 12.9. The third-order valence-corrected chi connectivity index (χ3v) is 7.60. The van der Waals surface area contributed by atoms with Crippen molar-refractivity contribution < 1.29 is 23.8 Å². The van der Waals surface area contributed by atoms with Crippen molar-refractivity contribution in [2.45, 2.75) is 32.7 Å². The first-order chi connectivity index (χ1) is 20.0. The molecule has 3 aromatic heterocycles. The molecule has 9 heteroatoms. The van der Waals surface area contributed by atoms with Crippen LogP contribution in [0.4, 0.5) is 0 Å². The highest BCUT2D eigenvalue weighted by Crippen LogP contribution is 2.27. The highest BCUT2D eigenvalue weighted by molar-refractivity contribution is 7.17. The minimum absolute atomic E-state index is 0.00526. The highest BCUT2D eigenvalue weighted by Gasteiger charge is 2.14. The second kappa shape index (κ2) is 13.1. The van der Waals surface area contributed by atoms with Gasteiger partial charge in [0.2, 0.25) is 5.89 Å². The number of thiophene rings is 1. The molecule has 2 N–H and O–H groups in total. The summed E-state index contributed by atoms with van der Waals surface area (Å²) in [5, 5.41) is 12.2. The number of ether oxygens (including phenoxy) is 1. The fraction of sp³-hybridized carbons (Fsp3) is 0.188. The summed E-state index contributed by atoms with van der Waals surface area (Å²) in [7, 11) is 0. The number of carbonyl (C=O) groups excluding carboxylic acids is 1. The second-order valence-corrected chi connectivity index (χ2v) is 10.5. The number of aryl methyl sites for hydroxylation is 2. The Bertz CT molecular complexity index is 1630. The Morgan fingerprint density at radius 3 is 2.59 bits per heavy atom. The predicted octanol–water partition coefficient (Wildman–Crippen LogP) is 6.34. The van der Waals surface area contributed by atoms with Gasteiger partial charge in [-0.2, -0.15) is 0 Å². The Hall–Kier alpha value is -4.76. The lowest BCUT2D eigenvalue weighted by atomic mass is 10.0. The number of pyridine rings is 1. The monoisotopic (exact) mass is 567 g/mol. The molecule has 0 bridgehead atoms. The molecule has 0 aliphatic heterocycles. The van der Waals surface area contributed by atoms with Crippen LogP contribution in [-0.2, 0) is 24.2 Å². The van der Waals surface area contributed by atoms with Crippen molar-refractivity contribution in [3.05, 3.63) is 113 Å². The zero-order chi connectivity index (χ0) is 28.6. The summed E-state index contributed by atoms with van der Waals surface area (Å²) in [6.45, 7) is 2.51. The van der Waals surface area contributed by atoms with Gasteiger partial charge in [0, 0.05) is 31.1 Å². The van der Waals surface area contributed by atoms with Crippen molar-refractivity contribution in [3.8, 4) is 27.8 Å². The number of carboxylic acids is 1. The van der Waals surface area contributed by atoms with Gasteiger partial charge in [-0.1, -0.05) is 30.3 Å². The van der Waals surface area contributed by atoms with Crippen LogP contribution in [0.25, 0.3) is 22.0 Å². The van der Waals surface area contributed by atoms with Crippen LogP contribution in [-0.4, -0.2) is 33.6 Å². The lowest BCUT2D eigenvalue weighted by molar-refractivity contribution is -0.136. The topological polar surface area (TPSA) is 115 Å². The Morgan fingerprint density at radius 2 is 1.80 bits per heavy atom. The first-order valence-corrected chi connectivity index (χ1v) is 14.1. The zero-order valence-electron chi connectivity index (χ0n) is 22.5. The number of benzene rings is 2. The van der Waals surface area contributed by atoms with E-state index in [4.69, 9.17) is 9.15 Å². The van der Waals surface area contributed by atoms with E-state index in [1.807, 2.05) is 79.7 Å². The highest BCUT2D eigenvalue weighted by atomic mass is 32.1. The van der Waals surface area contributed by atoms with E-state index in [1.54, 1.807) is 12.3 Å². The number of aliphatic carboxylic acids is 1. The molecule has 0 fully saturated rings. The molecule has 41 heavy (non-hydrogen) atoms. The second-order valence-electron chi connectivity index (χ2n) is 9.37. The molecule has 5 rings (SSSR count). The summed E-state index contributed by atoms with van der Waals surface area (Å²) in [5.74, 6) is 0.880. The van der Waals surface area contributed by atoms with Gasteiger partial charge in [-0.15, -0.1) is 11.3 Å². The van der Waals surface area contributed by atoms with Crippen molar-refractivity contribution >= 4 is 23.2 Å². The number of nitrogens with zero attached hydrogens (tertiary/aromatic N) is 2. The van der Waals surface area contributed by atoms with Crippen LogP contribution in [0.3, 0.4) is 0 Å². The van der Waals surface area contributed by atoms with Crippen molar-refractivity contribution in [2.75, 3.05) is 6.61 Å². The van der Waals surface area contributed by atoms with E-state index in [0.29, 0.717) is 36.0 Å². The molecule has 3 heterocycles. The SMILES string of the molecule is Cc1oc(-c2ccccc2)nc1CCOc1ccc(CCC(=O)O)c(CNC(=O)c2ccc(-c3ccccn3)s2)c1. The Kier molecular flexibility index (Phi) is 8.85. The molecule has 0 radical (unpaired) electrons. The Morgan fingerprint density at radius 1 is 0.976 bits per heavy atom. The number of hydrogen-bond donors (Lipinski definition) is 2. The summed E-state index contributed by atoms with van der Waals surface area (Å²) < 4.78 is 11.9. The largest absolute Gasteiger partial charge is 0.493 e. The van der Waals surface area contributed by atoms with Crippen LogP contribution in [0.5, 0.6) is 5.75 Å². The van der Waals surface area contributed by atoms with Gasteiger partial charge in [-0.05, 0) is 73.0 Å². The molecule has 1 amide bonds. The van der Waals surface area contributed by atoms with E-state index in [2.05, 4.69) is 15.3 Å². The number of rotatable bonds is 12.